The zero-order chi connectivity index (χ0) is 15.8. The highest BCUT2D eigenvalue weighted by atomic mass is 16.2. The summed E-state index contributed by atoms with van der Waals surface area (Å²) in [6.07, 6.45) is -0.146. The number of rotatable bonds is 6. The van der Waals surface area contributed by atoms with Crippen molar-refractivity contribution >= 4 is 23.1 Å². The number of carbonyl (C=O) groups excluding carboxylic acids is 2. The van der Waals surface area contributed by atoms with Gasteiger partial charge in [-0.15, -0.1) is 0 Å². The summed E-state index contributed by atoms with van der Waals surface area (Å²) in [6, 6.07) is 17.8. The van der Waals surface area contributed by atoms with E-state index in [1.54, 1.807) is 36.4 Å². The molecule has 0 unspecified atom stereocenters. The molecule has 2 rings (SSSR count). The van der Waals surface area contributed by atoms with Crippen LogP contribution in [0.25, 0.3) is 0 Å². The second-order valence-corrected chi connectivity index (χ2v) is 4.48. The fraction of sp³-hybridized carbons (Fsp3) is 0.0625. The number of hydrazine groups is 1. The van der Waals surface area contributed by atoms with E-state index in [0.717, 1.165) is 0 Å². The normalized spacial score (nSPS) is 10.9. The van der Waals surface area contributed by atoms with Crippen molar-refractivity contribution in [3.05, 3.63) is 66.2 Å². The highest BCUT2D eigenvalue weighted by molar-refractivity contribution is 6.42. The van der Waals surface area contributed by atoms with Gasteiger partial charge in [0.15, 0.2) is 5.78 Å². The summed E-state index contributed by atoms with van der Waals surface area (Å²) in [6.45, 7) is 0. The molecule has 0 atom stereocenters. The van der Waals surface area contributed by atoms with Crippen molar-refractivity contribution in [3.63, 3.8) is 0 Å². The van der Waals surface area contributed by atoms with Gasteiger partial charge in [-0.3, -0.25) is 20.4 Å². The number of hydrogen-bond donors (Lipinski definition) is 3. The van der Waals surface area contributed by atoms with Crippen molar-refractivity contribution in [1.29, 1.82) is 0 Å². The Morgan fingerprint density at radius 1 is 0.955 bits per heavy atom. The van der Waals surface area contributed by atoms with Gasteiger partial charge in [-0.05, 0) is 12.1 Å². The maximum atomic E-state index is 12.2. The first-order chi connectivity index (χ1) is 10.7. The third-order valence-electron chi connectivity index (χ3n) is 2.91. The summed E-state index contributed by atoms with van der Waals surface area (Å²) in [5.74, 6) is 4.32. The smallest absolute Gasteiger partial charge is 0.281 e. The van der Waals surface area contributed by atoms with Gasteiger partial charge in [-0.25, -0.2) is 5.84 Å². The second kappa shape index (κ2) is 7.70. The van der Waals surface area contributed by atoms with Crippen LogP contribution in [0.15, 0.2) is 65.8 Å². The van der Waals surface area contributed by atoms with Gasteiger partial charge < -0.3 is 0 Å². The van der Waals surface area contributed by atoms with Gasteiger partial charge >= 0.3 is 0 Å². The molecule has 2 aromatic carbocycles. The molecule has 0 aromatic heterocycles. The SMILES string of the molecule is NNC(=O)/C(CC(=O)c1ccccc1)=N/Nc1ccccc1. The standard InChI is InChI=1S/C16H16N4O2/c17-18-16(22)14(20-19-13-9-5-2-6-10-13)11-15(21)12-7-3-1-4-8-12/h1-10,19H,11,17H2,(H,18,22)/b20-14+. The molecule has 6 heteroatoms. The Morgan fingerprint density at radius 3 is 2.14 bits per heavy atom. The van der Waals surface area contributed by atoms with Crippen molar-refractivity contribution < 1.29 is 9.59 Å². The lowest BCUT2D eigenvalue weighted by atomic mass is 10.1. The lowest BCUT2D eigenvalue weighted by molar-refractivity contribution is -0.115. The van der Waals surface area contributed by atoms with Crippen molar-refractivity contribution in [2.45, 2.75) is 6.42 Å². The molecule has 0 bridgehead atoms. The Kier molecular flexibility index (Phi) is 5.39. The Bertz CT molecular complexity index is 669. The van der Waals surface area contributed by atoms with E-state index in [1.807, 2.05) is 29.7 Å². The molecule has 0 aliphatic heterocycles. The molecule has 112 valence electrons. The van der Waals surface area contributed by atoms with Crippen molar-refractivity contribution in [3.8, 4) is 0 Å². The van der Waals surface area contributed by atoms with E-state index in [4.69, 9.17) is 5.84 Å². The maximum Gasteiger partial charge on any atom is 0.281 e. The van der Waals surface area contributed by atoms with Crippen molar-refractivity contribution in [2.75, 3.05) is 5.43 Å². The third kappa shape index (κ3) is 4.26. The molecular weight excluding hydrogens is 280 g/mol. The van der Waals surface area contributed by atoms with Gasteiger partial charge in [0, 0.05) is 5.56 Å². The van der Waals surface area contributed by atoms with E-state index in [-0.39, 0.29) is 17.9 Å². The molecule has 0 radical (unpaired) electrons. The molecule has 22 heavy (non-hydrogen) atoms. The number of nitrogens with one attached hydrogen (secondary N) is 2. The summed E-state index contributed by atoms with van der Waals surface area (Å²) in [5.41, 5.74) is 5.97. The van der Waals surface area contributed by atoms with Gasteiger partial charge in [0.1, 0.15) is 5.71 Å². The van der Waals surface area contributed by atoms with E-state index < -0.39 is 5.91 Å². The van der Waals surface area contributed by atoms with Crippen LogP contribution >= 0.6 is 0 Å². The molecule has 0 heterocycles. The van der Waals surface area contributed by atoms with Gasteiger partial charge in [-0.2, -0.15) is 5.10 Å². The molecule has 0 fully saturated rings. The minimum atomic E-state index is -0.604. The first-order valence-corrected chi connectivity index (χ1v) is 6.67. The fourth-order valence-corrected chi connectivity index (χ4v) is 1.78. The zero-order valence-corrected chi connectivity index (χ0v) is 11.8. The molecule has 4 N–H and O–H groups in total. The molecule has 1 amide bonds. The number of carbonyl (C=O) groups is 2. The van der Waals surface area contributed by atoms with Gasteiger partial charge in [0.25, 0.3) is 5.91 Å². The summed E-state index contributed by atoms with van der Waals surface area (Å²) in [4.78, 5) is 23.9. The minimum Gasteiger partial charge on any atom is -0.294 e. The average Bonchev–Trinajstić information content (AvgIpc) is 2.59. The zero-order valence-electron chi connectivity index (χ0n) is 11.8. The molecule has 0 spiro atoms. The molecule has 0 aliphatic carbocycles. The number of anilines is 1. The number of ketones is 1. The maximum absolute atomic E-state index is 12.2. The topological polar surface area (TPSA) is 96.6 Å². The Hall–Kier alpha value is -2.99. The quantitative estimate of drug-likeness (QED) is 0.248. The summed E-state index contributed by atoms with van der Waals surface area (Å²) in [7, 11) is 0. The molecule has 0 aliphatic rings. The van der Waals surface area contributed by atoms with Crippen LogP contribution in [0.1, 0.15) is 16.8 Å². The van der Waals surface area contributed by atoms with Crippen LogP contribution in [-0.2, 0) is 4.79 Å². The summed E-state index contributed by atoms with van der Waals surface area (Å²) >= 11 is 0. The van der Waals surface area contributed by atoms with Crippen LogP contribution in [0.5, 0.6) is 0 Å². The fourth-order valence-electron chi connectivity index (χ4n) is 1.78. The van der Waals surface area contributed by atoms with Crippen LogP contribution in [0, 0.1) is 0 Å². The van der Waals surface area contributed by atoms with Crippen molar-refractivity contribution in [1.82, 2.24) is 5.43 Å². The Balaban J connectivity index is 2.13. The summed E-state index contributed by atoms with van der Waals surface area (Å²) in [5, 5.41) is 3.98. The minimum absolute atomic E-state index is 0.0141. The van der Waals surface area contributed by atoms with Gasteiger partial charge in [0.2, 0.25) is 0 Å². The average molecular weight is 296 g/mol. The molecule has 2 aromatic rings. The van der Waals surface area contributed by atoms with E-state index in [2.05, 4.69) is 10.5 Å². The predicted molar refractivity (Wildman–Crippen MR) is 85.2 cm³/mol. The van der Waals surface area contributed by atoms with E-state index in [0.29, 0.717) is 11.3 Å². The van der Waals surface area contributed by atoms with Gasteiger partial charge in [-0.1, -0.05) is 48.5 Å². The highest BCUT2D eigenvalue weighted by Gasteiger charge is 2.16. The molecule has 0 saturated heterocycles. The van der Waals surface area contributed by atoms with Crippen LogP contribution < -0.4 is 16.7 Å². The molecular formula is C16H16N4O2. The first-order valence-electron chi connectivity index (χ1n) is 6.67. The Morgan fingerprint density at radius 2 is 1.55 bits per heavy atom. The largest absolute Gasteiger partial charge is 0.294 e. The van der Waals surface area contributed by atoms with Gasteiger partial charge in [0.05, 0.1) is 12.1 Å². The third-order valence-corrected chi connectivity index (χ3v) is 2.91. The predicted octanol–water partition coefficient (Wildman–Crippen LogP) is 1.72. The second-order valence-electron chi connectivity index (χ2n) is 4.48. The Labute approximate surface area is 128 Å². The number of amides is 1. The number of nitrogens with two attached hydrogens (primary N) is 1. The van der Waals surface area contributed by atoms with E-state index in [9.17, 15) is 9.59 Å². The van der Waals surface area contributed by atoms with E-state index in [1.165, 1.54) is 0 Å². The first kappa shape index (κ1) is 15.4. The van der Waals surface area contributed by atoms with Crippen LogP contribution in [-0.4, -0.2) is 17.4 Å². The monoisotopic (exact) mass is 296 g/mol. The summed E-state index contributed by atoms with van der Waals surface area (Å²) < 4.78 is 0. The number of hydrogen-bond acceptors (Lipinski definition) is 5. The highest BCUT2D eigenvalue weighted by Crippen LogP contribution is 2.07. The van der Waals surface area contributed by atoms with E-state index >= 15 is 0 Å². The number of nitrogens with zero attached hydrogens (tertiary/aromatic N) is 1. The lowest BCUT2D eigenvalue weighted by Crippen LogP contribution is -2.37. The molecule has 0 saturated carbocycles. The van der Waals surface area contributed by atoms with Crippen LogP contribution in [0.3, 0.4) is 0 Å². The number of benzene rings is 2. The number of hydrazone groups is 1. The van der Waals surface area contributed by atoms with Crippen LogP contribution in [0.4, 0.5) is 5.69 Å². The lowest BCUT2D eigenvalue weighted by Gasteiger charge is -2.06. The molecule has 6 nitrogen and oxygen atoms in total. The van der Waals surface area contributed by atoms with Crippen LogP contribution in [0.2, 0.25) is 0 Å². The van der Waals surface area contributed by atoms with Crippen molar-refractivity contribution in [2.24, 2.45) is 10.9 Å². The number of Topliss-reactive ketones (excluding diaryl/α,β-unsaturated/α-hetero) is 1. The number of para-hydroxylation sites is 1.